The first-order chi connectivity index (χ1) is 10.1. The van der Waals surface area contributed by atoms with Crippen LogP contribution in [0.4, 0.5) is 0 Å². The zero-order chi connectivity index (χ0) is 15.8. The van der Waals surface area contributed by atoms with E-state index in [1.54, 1.807) is 0 Å². The van der Waals surface area contributed by atoms with Crippen molar-refractivity contribution >= 4 is 23.7 Å². The summed E-state index contributed by atoms with van der Waals surface area (Å²) in [5, 5.41) is 16.7. The molecular formula is C14H26O6S. The van der Waals surface area contributed by atoms with Crippen LogP contribution >= 0.6 is 11.8 Å². The van der Waals surface area contributed by atoms with Crippen LogP contribution in [0.2, 0.25) is 0 Å². The Morgan fingerprint density at radius 3 is 1.52 bits per heavy atom. The number of carbonyl (C=O) groups is 2. The van der Waals surface area contributed by atoms with Crippen molar-refractivity contribution in [2.75, 3.05) is 37.9 Å². The van der Waals surface area contributed by atoms with Crippen LogP contribution in [0.5, 0.6) is 0 Å². The number of thioether (sulfide) groups is 1. The van der Waals surface area contributed by atoms with Gasteiger partial charge in [0.05, 0.1) is 0 Å². The lowest BCUT2D eigenvalue weighted by molar-refractivity contribution is -0.143. The lowest BCUT2D eigenvalue weighted by Crippen LogP contribution is -2.07. The van der Waals surface area contributed by atoms with Crippen molar-refractivity contribution in [3.8, 4) is 0 Å². The Labute approximate surface area is 130 Å². The van der Waals surface area contributed by atoms with Crippen LogP contribution in [0.1, 0.15) is 38.5 Å². The molecule has 0 spiro atoms. The maximum atomic E-state index is 10.2. The van der Waals surface area contributed by atoms with E-state index in [-0.39, 0.29) is 13.2 Å². The Morgan fingerprint density at radius 2 is 1.14 bits per heavy atom. The van der Waals surface area contributed by atoms with Gasteiger partial charge in [-0.05, 0) is 37.2 Å². The summed E-state index contributed by atoms with van der Waals surface area (Å²) in [5.41, 5.74) is 0. The molecule has 0 bridgehead atoms. The molecule has 2 N–H and O–H groups in total. The fourth-order valence-corrected chi connectivity index (χ4v) is 2.61. The number of carboxylic acids is 2. The predicted octanol–water partition coefficient (Wildman–Crippen LogP) is 2.26. The van der Waals surface area contributed by atoms with Gasteiger partial charge >= 0.3 is 11.9 Å². The highest BCUT2D eigenvalue weighted by molar-refractivity contribution is 7.99. The minimum absolute atomic E-state index is 0.203. The van der Waals surface area contributed by atoms with Gasteiger partial charge in [0.25, 0.3) is 0 Å². The molecule has 0 aliphatic rings. The van der Waals surface area contributed by atoms with Crippen molar-refractivity contribution in [1.82, 2.24) is 0 Å². The number of rotatable bonds is 16. The molecule has 0 aliphatic carbocycles. The minimum Gasteiger partial charge on any atom is -0.480 e. The zero-order valence-corrected chi connectivity index (χ0v) is 13.2. The molecule has 21 heavy (non-hydrogen) atoms. The van der Waals surface area contributed by atoms with E-state index in [1.807, 2.05) is 11.8 Å². The highest BCUT2D eigenvalue weighted by Gasteiger charge is 1.97. The topological polar surface area (TPSA) is 93.1 Å². The molecule has 124 valence electrons. The monoisotopic (exact) mass is 322 g/mol. The lowest BCUT2D eigenvalue weighted by atomic mass is 10.3. The molecule has 0 amide bonds. The lowest BCUT2D eigenvalue weighted by Gasteiger charge is -2.03. The van der Waals surface area contributed by atoms with E-state index in [4.69, 9.17) is 19.7 Å². The Hall–Kier alpha value is -0.790. The van der Waals surface area contributed by atoms with E-state index in [0.717, 1.165) is 50.0 Å². The van der Waals surface area contributed by atoms with Crippen LogP contribution in [0.25, 0.3) is 0 Å². The van der Waals surface area contributed by atoms with Crippen molar-refractivity contribution in [1.29, 1.82) is 0 Å². The summed E-state index contributed by atoms with van der Waals surface area (Å²) in [4.78, 5) is 20.4. The van der Waals surface area contributed by atoms with Gasteiger partial charge in [-0.15, -0.1) is 0 Å². The Balaban J connectivity index is 2.99. The first-order valence-corrected chi connectivity index (χ1v) is 8.45. The Kier molecular flexibility index (Phi) is 15.0. The van der Waals surface area contributed by atoms with Crippen LogP contribution in [-0.2, 0) is 19.1 Å². The molecule has 0 heterocycles. The molecule has 0 radical (unpaired) electrons. The van der Waals surface area contributed by atoms with Gasteiger partial charge < -0.3 is 19.7 Å². The average molecular weight is 322 g/mol. The normalized spacial score (nSPS) is 10.7. The molecule has 6 nitrogen and oxygen atoms in total. The van der Waals surface area contributed by atoms with Crippen LogP contribution < -0.4 is 0 Å². The molecule has 0 fully saturated rings. The quantitative estimate of drug-likeness (QED) is 0.421. The van der Waals surface area contributed by atoms with Crippen molar-refractivity contribution in [3.05, 3.63) is 0 Å². The Morgan fingerprint density at radius 1 is 0.714 bits per heavy atom. The number of aliphatic carboxylic acids is 2. The van der Waals surface area contributed by atoms with E-state index in [0.29, 0.717) is 13.2 Å². The summed E-state index contributed by atoms with van der Waals surface area (Å²) in [5.74, 6) is 0.404. The number of hydrogen-bond acceptors (Lipinski definition) is 5. The van der Waals surface area contributed by atoms with E-state index >= 15 is 0 Å². The molecular weight excluding hydrogens is 296 g/mol. The van der Waals surface area contributed by atoms with E-state index in [1.165, 1.54) is 0 Å². The molecule has 0 aromatic rings. The largest absolute Gasteiger partial charge is 0.480 e. The fourth-order valence-electron chi connectivity index (χ4n) is 1.59. The van der Waals surface area contributed by atoms with Gasteiger partial charge in [0.1, 0.15) is 13.2 Å². The smallest absolute Gasteiger partial charge is 0.329 e. The second kappa shape index (κ2) is 15.6. The van der Waals surface area contributed by atoms with Crippen LogP contribution in [-0.4, -0.2) is 60.1 Å². The maximum Gasteiger partial charge on any atom is 0.329 e. The highest BCUT2D eigenvalue weighted by Crippen LogP contribution is 2.10. The maximum absolute atomic E-state index is 10.2. The van der Waals surface area contributed by atoms with Gasteiger partial charge in [-0.1, -0.05) is 12.8 Å². The molecule has 7 heteroatoms. The van der Waals surface area contributed by atoms with Crippen molar-refractivity contribution < 1.29 is 29.3 Å². The van der Waals surface area contributed by atoms with Crippen molar-refractivity contribution in [2.45, 2.75) is 38.5 Å². The second-order valence-electron chi connectivity index (χ2n) is 4.63. The molecule has 0 aliphatic heterocycles. The van der Waals surface area contributed by atoms with Gasteiger partial charge in [0, 0.05) is 13.2 Å². The number of ether oxygens (including phenoxy) is 2. The molecule has 0 aromatic carbocycles. The van der Waals surface area contributed by atoms with Crippen LogP contribution in [0.15, 0.2) is 0 Å². The van der Waals surface area contributed by atoms with Crippen molar-refractivity contribution in [3.63, 3.8) is 0 Å². The third kappa shape index (κ3) is 19.2. The van der Waals surface area contributed by atoms with E-state index < -0.39 is 11.9 Å². The third-order valence-corrected chi connectivity index (χ3v) is 3.76. The molecule has 0 aromatic heterocycles. The Bertz CT molecular complexity index is 246. The van der Waals surface area contributed by atoms with Gasteiger partial charge in [-0.2, -0.15) is 11.8 Å². The van der Waals surface area contributed by atoms with Gasteiger partial charge in [0.2, 0.25) is 0 Å². The van der Waals surface area contributed by atoms with Crippen molar-refractivity contribution in [2.24, 2.45) is 0 Å². The second-order valence-corrected chi connectivity index (χ2v) is 5.85. The summed E-state index contributed by atoms with van der Waals surface area (Å²) in [6, 6.07) is 0. The van der Waals surface area contributed by atoms with Gasteiger partial charge in [0.15, 0.2) is 0 Å². The molecule has 0 rings (SSSR count). The summed E-state index contributed by atoms with van der Waals surface area (Å²) < 4.78 is 9.89. The molecule has 0 unspecified atom stereocenters. The first kappa shape index (κ1) is 20.2. The average Bonchev–Trinajstić information content (AvgIpc) is 2.42. The zero-order valence-electron chi connectivity index (χ0n) is 12.4. The summed E-state index contributed by atoms with van der Waals surface area (Å²) in [6.07, 6.45) is 6.21. The number of unbranched alkanes of at least 4 members (excludes halogenated alkanes) is 4. The predicted molar refractivity (Wildman–Crippen MR) is 81.9 cm³/mol. The molecule has 0 atom stereocenters. The minimum atomic E-state index is -0.918. The summed E-state index contributed by atoms with van der Waals surface area (Å²) in [7, 11) is 0. The van der Waals surface area contributed by atoms with Gasteiger partial charge in [-0.25, -0.2) is 9.59 Å². The molecule has 0 saturated carbocycles. The highest BCUT2D eigenvalue weighted by atomic mass is 32.2. The summed E-state index contributed by atoms with van der Waals surface area (Å²) >= 11 is 1.92. The number of hydrogen-bond donors (Lipinski definition) is 2. The fraction of sp³-hybridized carbons (Fsp3) is 0.857. The van der Waals surface area contributed by atoms with E-state index in [2.05, 4.69) is 0 Å². The van der Waals surface area contributed by atoms with Crippen LogP contribution in [0, 0.1) is 0 Å². The van der Waals surface area contributed by atoms with Gasteiger partial charge in [-0.3, -0.25) is 0 Å². The SMILES string of the molecule is O=C(O)COCCCCCSCCCCCOCC(=O)O. The molecule has 0 saturated heterocycles. The number of carboxylic acid groups (broad SMARTS) is 2. The third-order valence-electron chi connectivity index (χ3n) is 2.61. The summed E-state index contributed by atoms with van der Waals surface area (Å²) in [6.45, 7) is 0.635. The van der Waals surface area contributed by atoms with E-state index in [9.17, 15) is 9.59 Å². The standard InChI is InChI=1S/C14H26O6S/c15-13(16)11-19-7-3-1-5-9-21-10-6-2-4-8-20-12-14(17)18/h1-12H2,(H,15,16)(H,17,18). The first-order valence-electron chi connectivity index (χ1n) is 7.29. The van der Waals surface area contributed by atoms with Crippen LogP contribution in [0.3, 0.4) is 0 Å².